The van der Waals surface area contributed by atoms with Crippen molar-refractivity contribution in [2.75, 3.05) is 33.2 Å². The van der Waals surface area contributed by atoms with Gasteiger partial charge >= 0.3 is 6.18 Å². The molecule has 138 valence electrons. The van der Waals surface area contributed by atoms with Crippen LogP contribution in [0.4, 0.5) is 13.2 Å². The van der Waals surface area contributed by atoms with Gasteiger partial charge in [0.1, 0.15) is 0 Å². The highest BCUT2D eigenvalue weighted by Crippen LogP contribution is 2.29. The summed E-state index contributed by atoms with van der Waals surface area (Å²) in [6.45, 7) is 7.72. The quantitative estimate of drug-likeness (QED) is 0.374. The fourth-order valence-corrected chi connectivity index (χ4v) is 1.83. The van der Waals surface area contributed by atoms with Crippen molar-refractivity contribution in [3.8, 4) is 0 Å². The van der Waals surface area contributed by atoms with Crippen LogP contribution in [0.25, 0.3) is 0 Å². The van der Waals surface area contributed by atoms with Crippen molar-refractivity contribution in [1.82, 2.24) is 15.5 Å². The molecule has 1 aromatic rings. The molecule has 0 amide bonds. The van der Waals surface area contributed by atoms with Gasteiger partial charge in [-0.3, -0.25) is 0 Å². The minimum absolute atomic E-state index is 0. The Bertz CT molecular complexity index is 489. The van der Waals surface area contributed by atoms with Crippen LogP contribution < -0.4 is 10.6 Å². The van der Waals surface area contributed by atoms with Gasteiger partial charge in [-0.25, -0.2) is 4.99 Å². The van der Waals surface area contributed by atoms with Crippen LogP contribution in [-0.4, -0.2) is 44.1 Å². The summed E-state index contributed by atoms with van der Waals surface area (Å²) < 4.78 is 37.5. The second-order valence-electron chi connectivity index (χ2n) is 5.21. The van der Waals surface area contributed by atoms with Crippen LogP contribution in [-0.2, 0) is 12.7 Å². The zero-order chi connectivity index (χ0) is 17.3. The number of alkyl halides is 3. The maximum atomic E-state index is 12.5. The third kappa shape index (κ3) is 8.72. The van der Waals surface area contributed by atoms with E-state index in [0.717, 1.165) is 43.9 Å². The number of hydrogen-bond acceptors (Lipinski definition) is 2. The average molecular weight is 458 g/mol. The zero-order valence-corrected chi connectivity index (χ0v) is 16.6. The number of nitrogens with zero attached hydrogens (tertiary/aromatic N) is 2. The van der Waals surface area contributed by atoms with Crippen LogP contribution in [0.15, 0.2) is 29.3 Å². The van der Waals surface area contributed by atoms with Crippen molar-refractivity contribution in [2.24, 2.45) is 4.99 Å². The maximum absolute atomic E-state index is 12.5. The number of nitrogens with one attached hydrogen (secondary N) is 2. The Hall–Kier alpha value is -1.03. The smallest absolute Gasteiger partial charge is 0.357 e. The molecule has 0 unspecified atom stereocenters. The molecule has 4 nitrogen and oxygen atoms in total. The summed E-state index contributed by atoms with van der Waals surface area (Å²) in [5.74, 6) is 0.664. The number of hydrogen-bond donors (Lipinski definition) is 2. The van der Waals surface area contributed by atoms with Gasteiger partial charge in [-0.2, -0.15) is 13.2 Å². The lowest BCUT2D eigenvalue weighted by Gasteiger charge is -2.16. The van der Waals surface area contributed by atoms with E-state index < -0.39 is 11.7 Å². The molecule has 0 bridgehead atoms. The van der Waals surface area contributed by atoms with E-state index in [1.165, 1.54) is 12.1 Å². The summed E-state index contributed by atoms with van der Waals surface area (Å²) in [4.78, 5) is 6.57. The van der Waals surface area contributed by atoms with Crippen molar-refractivity contribution in [2.45, 2.75) is 26.6 Å². The van der Waals surface area contributed by atoms with Gasteiger partial charge < -0.3 is 15.5 Å². The van der Waals surface area contributed by atoms with E-state index in [9.17, 15) is 13.2 Å². The Labute approximate surface area is 158 Å². The molecule has 0 heterocycles. The molecule has 1 rings (SSSR count). The zero-order valence-electron chi connectivity index (χ0n) is 14.3. The molecule has 2 N–H and O–H groups in total. The Morgan fingerprint density at radius 1 is 1.12 bits per heavy atom. The molecule has 0 aliphatic rings. The summed E-state index contributed by atoms with van der Waals surface area (Å²) >= 11 is 0. The van der Waals surface area contributed by atoms with E-state index in [-0.39, 0.29) is 24.0 Å². The predicted molar refractivity (Wildman–Crippen MR) is 103 cm³/mol. The average Bonchev–Trinajstić information content (AvgIpc) is 2.52. The second kappa shape index (κ2) is 11.5. The van der Waals surface area contributed by atoms with Gasteiger partial charge in [0.05, 0.1) is 12.1 Å². The topological polar surface area (TPSA) is 39.7 Å². The van der Waals surface area contributed by atoms with Crippen molar-refractivity contribution in [3.63, 3.8) is 0 Å². The number of halogens is 4. The third-order valence-electron chi connectivity index (χ3n) is 3.37. The highest BCUT2D eigenvalue weighted by Gasteiger charge is 2.29. The van der Waals surface area contributed by atoms with E-state index in [1.54, 1.807) is 0 Å². The van der Waals surface area contributed by atoms with E-state index >= 15 is 0 Å². The monoisotopic (exact) mass is 458 g/mol. The van der Waals surface area contributed by atoms with Gasteiger partial charge in [0.2, 0.25) is 0 Å². The molecule has 0 atom stereocenters. The normalized spacial score (nSPS) is 12.0. The first kappa shape index (κ1) is 23.0. The number of aliphatic imine (C=N–C) groups is 1. The van der Waals surface area contributed by atoms with Gasteiger partial charge in [-0.05, 0) is 38.2 Å². The van der Waals surface area contributed by atoms with E-state index in [1.807, 2.05) is 14.0 Å². The van der Waals surface area contributed by atoms with E-state index in [4.69, 9.17) is 0 Å². The third-order valence-corrected chi connectivity index (χ3v) is 3.37. The predicted octanol–water partition coefficient (Wildman–Crippen LogP) is 3.33. The van der Waals surface area contributed by atoms with Crippen molar-refractivity contribution in [3.05, 3.63) is 35.4 Å². The Morgan fingerprint density at radius 2 is 1.75 bits per heavy atom. The molecule has 0 aromatic heterocycles. The molecule has 0 fully saturated rings. The summed E-state index contributed by atoms with van der Waals surface area (Å²) in [6, 6.07) is 5.09. The molecule has 0 aliphatic carbocycles. The lowest BCUT2D eigenvalue weighted by molar-refractivity contribution is -0.137. The lowest BCUT2D eigenvalue weighted by atomic mass is 10.1. The van der Waals surface area contributed by atoms with Crippen LogP contribution in [0.1, 0.15) is 25.0 Å². The fraction of sp³-hybridized carbons (Fsp3) is 0.562. The number of guanidine groups is 1. The van der Waals surface area contributed by atoms with E-state index in [0.29, 0.717) is 12.5 Å². The number of rotatable bonds is 7. The summed E-state index contributed by atoms with van der Waals surface area (Å²) in [6.07, 6.45) is -4.30. The highest BCUT2D eigenvalue weighted by atomic mass is 127. The number of benzene rings is 1. The Balaban J connectivity index is 0.00000529. The molecule has 0 saturated carbocycles. The first-order valence-corrected chi connectivity index (χ1v) is 7.73. The van der Waals surface area contributed by atoms with Crippen LogP contribution in [0.5, 0.6) is 0 Å². The minimum Gasteiger partial charge on any atom is -0.357 e. The summed E-state index contributed by atoms with van der Waals surface area (Å²) in [5, 5.41) is 6.33. The SMILES string of the molecule is CCNC(=NCc1ccc(C(F)(F)F)cc1)NCCN(C)CC.I. The molecule has 24 heavy (non-hydrogen) atoms. The standard InChI is InChI=1S/C16H25F3N4.HI/c1-4-20-15(21-10-11-23(3)5-2)22-12-13-6-8-14(9-7-13)16(17,18)19;/h6-9H,4-5,10-12H2,1-3H3,(H2,20,21,22);1H. The molecule has 0 aliphatic heterocycles. The van der Waals surface area contributed by atoms with Gasteiger partial charge in [0.25, 0.3) is 0 Å². The Morgan fingerprint density at radius 3 is 2.25 bits per heavy atom. The van der Waals surface area contributed by atoms with Crippen LogP contribution >= 0.6 is 24.0 Å². The molecule has 1 aromatic carbocycles. The van der Waals surface area contributed by atoms with Gasteiger partial charge in [-0.1, -0.05) is 19.1 Å². The second-order valence-corrected chi connectivity index (χ2v) is 5.21. The minimum atomic E-state index is -4.30. The lowest BCUT2D eigenvalue weighted by Crippen LogP contribution is -2.40. The fourth-order valence-electron chi connectivity index (χ4n) is 1.83. The first-order chi connectivity index (χ1) is 10.9. The summed E-state index contributed by atoms with van der Waals surface area (Å²) in [7, 11) is 2.04. The van der Waals surface area contributed by atoms with E-state index in [2.05, 4.69) is 27.4 Å². The molecule has 0 radical (unpaired) electrons. The van der Waals surface area contributed by atoms with Gasteiger partial charge in [-0.15, -0.1) is 24.0 Å². The van der Waals surface area contributed by atoms with Crippen molar-refractivity contribution < 1.29 is 13.2 Å². The molecule has 8 heteroatoms. The highest BCUT2D eigenvalue weighted by molar-refractivity contribution is 14.0. The van der Waals surface area contributed by atoms with Gasteiger partial charge in [0, 0.05) is 19.6 Å². The maximum Gasteiger partial charge on any atom is 0.416 e. The number of likely N-dealkylation sites (N-methyl/N-ethyl adjacent to an activating group) is 1. The Kier molecular flexibility index (Phi) is 11.0. The molecule has 0 spiro atoms. The molecular formula is C16H26F3IN4. The van der Waals surface area contributed by atoms with Crippen LogP contribution in [0.2, 0.25) is 0 Å². The van der Waals surface area contributed by atoms with Crippen molar-refractivity contribution >= 4 is 29.9 Å². The molecular weight excluding hydrogens is 432 g/mol. The largest absolute Gasteiger partial charge is 0.416 e. The summed E-state index contributed by atoms with van der Waals surface area (Å²) in [5.41, 5.74) is 0.0961. The van der Waals surface area contributed by atoms with Gasteiger partial charge in [0.15, 0.2) is 5.96 Å². The van der Waals surface area contributed by atoms with Crippen LogP contribution in [0.3, 0.4) is 0 Å². The first-order valence-electron chi connectivity index (χ1n) is 7.73. The van der Waals surface area contributed by atoms with Crippen molar-refractivity contribution in [1.29, 1.82) is 0 Å². The van der Waals surface area contributed by atoms with Crippen LogP contribution in [0, 0.1) is 0 Å². The molecule has 0 saturated heterocycles.